The van der Waals surface area contributed by atoms with Crippen LogP contribution in [0.15, 0.2) is 36.5 Å². The van der Waals surface area contributed by atoms with Gasteiger partial charge in [0.2, 0.25) is 0 Å². The van der Waals surface area contributed by atoms with Gasteiger partial charge in [-0.25, -0.2) is 4.98 Å². The number of carbonyl (C=O) groups excluding carboxylic acids is 1. The molecule has 1 aliphatic rings. The number of rotatable bonds is 1. The van der Waals surface area contributed by atoms with Crippen LogP contribution in [0.5, 0.6) is 5.75 Å². The zero-order valence-electron chi connectivity index (χ0n) is 12.7. The van der Waals surface area contributed by atoms with Gasteiger partial charge < -0.3 is 4.74 Å². The SMILES string of the molecule is Cc1cnc(N2C(=O)c3ccccc3OC2(C)C)cc1C. The number of amides is 1. The van der Waals surface area contributed by atoms with Gasteiger partial charge in [0.1, 0.15) is 11.6 Å². The van der Waals surface area contributed by atoms with Crippen LogP contribution < -0.4 is 9.64 Å². The van der Waals surface area contributed by atoms with Crippen molar-refractivity contribution in [2.75, 3.05) is 4.90 Å². The molecule has 1 amide bonds. The molecule has 4 heteroatoms. The molecule has 0 atom stereocenters. The molecule has 2 aromatic rings. The quantitative estimate of drug-likeness (QED) is 0.804. The number of para-hydroxylation sites is 1. The lowest BCUT2D eigenvalue weighted by molar-refractivity contribution is 0.0631. The smallest absolute Gasteiger partial charge is 0.266 e. The zero-order chi connectivity index (χ0) is 15.2. The average molecular weight is 282 g/mol. The van der Waals surface area contributed by atoms with E-state index in [9.17, 15) is 4.79 Å². The Morgan fingerprint density at radius 1 is 1.14 bits per heavy atom. The van der Waals surface area contributed by atoms with Crippen LogP contribution in [0, 0.1) is 13.8 Å². The Kier molecular flexibility index (Phi) is 2.97. The van der Waals surface area contributed by atoms with E-state index in [4.69, 9.17) is 4.74 Å². The third-order valence-corrected chi connectivity index (χ3v) is 3.81. The molecule has 108 valence electrons. The summed E-state index contributed by atoms with van der Waals surface area (Å²) in [6.45, 7) is 7.76. The van der Waals surface area contributed by atoms with E-state index in [2.05, 4.69) is 4.98 Å². The van der Waals surface area contributed by atoms with E-state index in [0.29, 0.717) is 17.1 Å². The molecule has 0 saturated heterocycles. The summed E-state index contributed by atoms with van der Waals surface area (Å²) in [4.78, 5) is 18.9. The Morgan fingerprint density at radius 3 is 2.57 bits per heavy atom. The van der Waals surface area contributed by atoms with Crippen molar-refractivity contribution in [3.8, 4) is 5.75 Å². The van der Waals surface area contributed by atoms with Crippen molar-refractivity contribution < 1.29 is 9.53 Å². The van der Waals surface area contributed by atoms with Gasteiger partial charge in [-0.2, -0.15) is 0 Å². The Bertz CT molecular complexity index is 722. The molecule has 0 unspecified atom stereocenters. The van der Waals surface area contributed by atoms with E-state index < -0.39 is 5.72 Å². The van der Waals surface area contributed by atoms with Crippen LogP contribution >= 0.6 is 0 Å². The van der Waals surface area contributed by atoms with Crippen molar-refractivity contribution in [1.29, 1.82) is 0 Å². The minimum atomic E-state index is -0.778. The highest BCUT2D eigenvalue weighted by Crippen LogP contribution is 2.36. The van der Waals surface area contributed by atoms with Crippen LogP contribution in [0.2, 0.25) is 0 Å². The number of anilines is 1. The molecule has 21 heavy (non-hydrogen) atoms. The van der Waals surface area contributed by atoms with E-state index in [1.165, 1.54) is 0 Å². The van der Waals surface area contributed by atoms with E-state index in [1.807, 2.05) is 52.0 Å². The number of carbonyl (C=O) groups is 1. The molecule has 4 nitrogen and oxygen atoms in total. The summed E-state index contributed by atoms with van der Waals surface area (Å²) in [7, 11) is 0. The van der Waals surface area contributed by atoms with E-state index >= 15 is 0 Å². The van der Waals surface area contributed by atoms with Gasteiger partial charge in [-0.3, -0.25) is 9.69 Å². The number of pyridine rings is 1. The number of aromatic nitrogens is 1. The van der Waals surface area contributed by atoms with Crippen LogP contribution in [-0.4, -0.2) is 16.6 Å². The molecule has 1 aromatic heterocycles. The first-order valence-electron chi connectivity index (χ1n) is 6.96. The number of nitrogens with zero attached hydrogens (tertiary/aromatic N) is 2. The van der Waals surface area contributed by atoms with E-state index in [-0.39, 0.29) is 5.91 Å². The molecular formula is C17H18N2O2. The minimum Gasteiger partial charge on any atom is -0.467 e. The van der Waals surface area contributed by atoms with Crippen molar-refractivity contribution in [1.82, 2.24) is 4.98 Å². The maximum Gasteiger partial charge on any atom is 0.266 e. The van der Waals surface area contributed by atoms with Gasteiger partial charge in [0.15, 0.2) is 5.72 Å². The fourth-order valence-electron chi connectivity index (χ4n) is 2.52. The summed E-state index contributed by atoms with van der Waals surface area (Å²) in [6.07, 6.45) is 1.79. The molecule has 2 heterocycles. The van der Waals surface area contributed by atoms with Crippen molar-refractivity contribution >= 4 is 11.7 Å². The first kappa shape index (κ1) is 13.6. The van der Waals surface area contributed by atoms with Gasteiger partial charge >= 0.3 is 0 Å². The Labute approximate surface area is 124 Å². The van der Waals surface area contributed by atoms with Crippen LogP contribution in [0.1, 0.15) is 35.3 Å². The predicted octanol–water partition coefficient (Wildman–Crippen LogP) is 3.47. The molecule has 0 saturated carbocycles. The molecule has 0 N–H and O–H groups in total. The Morgan fingerprint density at radius 2 is 1.86 bits per heavy atom. The largest absolute Gasteiger partial charge is 0.467 e. The van der Waals surface area contributed by atoms with Crippen molar-refractivity contribution in [2.24, 2.45) is 0 Å². The lowest BCUT2D eigenvalue weighted by Gasteiger charge is -2.42. The Hall–Kier alpha value is -2.36. The molecule has 0 fully saturated rings. The van der Waals surface area contributed by atoms with Gasteiger partial charge in [-0.1, -0.05) is 12.1 Å². The number of ether oxygens (including phenoxy) is 1. The summed E-state index contributed by atoms with van der Waals surface area (Å²) in [5, 5.41) is 0. The highest BCUT2D eigenvalue weighted by Gasteiger charge is 2.41. The highest BCUT2D eigenvalue weighted by atomic mass is 16.5. The molecule has 0 aliphatic carbocycles. The van der Waals surface area contributed by atoms with Crippen LogP contribution in [-0.2, 0) is 0 Å². The lowest BCUT2D eigenvalue weighted by atomic mass is 10.1. The summed E-state index contributed by atoms with van der Waals surface area (Å²) < 4.78 is 5.99. The third-order valence-electron chi connectivity index (χ3n) is 3.81. The van der Waals surface area contributed by atoms with Crippen molar-refractivity contribution in [3.05, 3.63) is 53.2 Å². The van der Waals surface area contributed by atoms with Crippen molar-refractivity contribution in [3.63, 3.8) is 0 Å². The maximum absolute atomic E-state index is 12.8. The monoisotopic (exact) mass is 282 g/mol. The molecule has 0 bridgehead atoms. The van der Waals surface area contributed by atoms with Gasteiger partial charge in [0.05, 0.1) is 5.56 Å². The van der Waals surface area contributed by atoms with E-state index in [0.717, 1.165) is 11.1 Å². The van der Waals surface area contributed by atoms with Gasteiger partial charge in [-0.15, -0.1) is 0 Å². The molecule has 0 spiro atoms. The van der Waals surface area contributed by atoms with Crippen LogP contribution in [0.25, 0.3) is 0 Å². The third kappa shape index (κ3) is 2.17. The second-order valence-corrected chi connectivity index (χ2v) is 5.81. The number of benzene rings is 1. The van der Waals surface area contributed by atoms with Crippen LogP contribution in [0.3, 0.4) is 0 Å². The lowest BCUT2D eigenvalue weighted by Crippen LogP contribution is -2.55. The number of hydrogen-bond donors (Lipinski definition) is 0. The predicted molar refractivity (Wildman–Crippen MR) is 81.7 cm³/mol. The standard InChI is InChI=1S/C17H18N2O2/c1-11-9-15(18-10-12(11)2)19-16(20)13-7-5-6-8-14(13)21-17(19,3)4/h5-10H,1-4H3. The highest BCUT2D eigenvalue weighted by molar-refractivity contribution is 6.09. The molecule has 1 aromatic carbocycles. The summed E-state index contributed by atoms with van der Waals surface area (Å²) in [6, 6.07) is 9.23. The zero-order valence-corrected chi connectivity index (χ0v) is 12.7. The number of hydrogen-bond acceptors (Lipinski definition) is 3. The second-order valence-electron chi connectivity index (χ2n) is 5.81. The first-order chi connectivity index (χ1) is 9.90. The maximum atomic E-state index is 12.8. The first-order valence-corrected chi connectivity index (χ1v) is 6.96. The summed E-state index contributed by atoms with van der Waals surface area (Å²) in [5.41, 5.74) is 1.99. The molecule has 3 rings (SSSR count). The average Bonchev–Trinajstić information content (AvgIpc) is 2.42. The minimum absolute atomic E-state index is 0.0856. The van der Waals surface area contributed by atoms with Gasteiger partial charge in [-0.05, 0) is 57.0 Å². The Balaban J connectivity index is 2.13. The molecule has 0 radical (unpaired) electrons. The summed E-state index contributed by atoms with van der Waals surface area (Å²) >= 11 is 0. The van der Waals surface area contributed by atoms with E-state index in [1.54, 1.807) is 17.2 Å². The van der Waals surface area contributed by atoms with Gasteiger partial charge in [0, 0.05) is 6.20 Å². The topological polar surface area (TPSA) is 42.4 Å². The fourth-order valence-corrected chi connectivity index (χ4v) is 2.52. The van der Waals surface area contributed by atoms with Gasteiger partial charge in [0.25, 0.3) is 5.91 Å². The number of aryl methyl sites for hydroxylation is 2. The molecular weight excluding hydrogens is 264 g/mol. The second kappa shape index (κ2) is 4.58. The number of fused-ring (bicyclic) bond motifs is 1. The summed E-state index contributed by atoms with van der Waals surface area (Å²) in [5.74, 6) is 1.15. The fraction of sp³-hybridized carbons (Fsp3) is 0.294. The normalized spacial score (nSPS) is 16.4. The van der Waals surface area contributed by atoms with Crippen molar-refractivity contribution in [2.45, 2.75) is 33.4 Å². The molecule has 1 aliphatic heterocycles. The van der Waals surface area contributed by atoms with Crippen LogP contribution in [0.4, 0.5) is 5.82 Å².